The molecule has 4 rings (SSSR count). The molecule has 1 aliphatic heterocycles. The highest BCUT2D eigenvalue weighted by Gasteiger charge is 2.21. The zero-order valence-electron chi connectivity index (χ0n) is 13.9. The van der Waals surface area contributed by atoms with Crippen molar-refractivity contribution in [3.63, 3.8) is 0 Å². The molecule has 0 spiro atoms. The molecule has 26 heavy (non-hydrogen) atoms. The summed E-state index contributed by atoms with van der Waals surface area (Å²) in [4.78, 5) is 26.3. The van der Waals surface area contributed by atoms with Crippen molar-refractivity contribution in [1.82, 2.24) is 15.0 Å². The number of aliphatic hydroxyl groups excluding tert-OH is 1. The Morgan fingerprint density at radius 2 is 2.04 bits per heavy atom. The van der Waals surface area contributed by atoms with Crippen LogP contribution >= 0.6 is 15.9 Å². The number of hydrogen-bond acceptors (Lipinski definition) is 6. The SMILES string of the molecule is O=c1[nH]ccc2nc(N3CCC(O)CC3)nc(Nc3cccc(Br)c3)c12. The molecule has 1 aliphatic rings. The standard InChI is InChI=1S/C18H18BrN5O2/c19-11-2-1-3-12(10-11)21-16-15-14(4-7-20-17(15)26)22-18(23-16)24-8-5-13(25)6-9-24/h1-4,7,10,13,25H,5-6,8-9H2,(H,20,26)(H,21,22,23). The number of nitrogens with zero attached hydrogens (tertiary/aromatic N) is 3. The molecule has 3 heterocycles. The van der Waals surface area contributed by atoms with Gasteiger partial charge in [-0.05, 0) is 37.1 Å². The van der Waals surface area contributed by atoms with Gasteiger partial charge in [0, 0.05) is 29.4 Å². The molecule has 0 aliphatic carbocycles. The van der Waals surface area contributed by atoms with Crippen molar-refractivity contribution in [2.75, 3.05) is 23.3 Å². The van der Waals surface area contributed by atoms with E-state index in [0.29, 0.717) is 48.6 Å². The average molecular weight is 416 g/mol. The molecule has 8 heteroatoms. The second kappa shape index (κ2) is 7.05. The van der Waals surface area contributed by atoms with Crippen LogP contribution in [-0.4, -0.2) is 39.3 Å². The first-order chi connectivity index (χ1) is 12.6. The monoisotopic (exact) mass is 415 g/mol. The highest BCUT2D eigenvalue weighted by molar-refractivity contribution is 9.10. The van der Waals surface area contributed by atoms with Crippen molar-refractivity contribution in [2.24, 2.45) is 0 Å². The quantitative estimate of drug-likeness (QED) is 0.608. The highest BCUT2D eigenvalue weighted by atomic mass is 79.9. The van der Waals surface area contributed by atoms with Crippen LogP contribution in [0.5, 0.6) is 0 Å². The fourth-order valence-electron chi connectivity index (χ4n) is 3.08. The number of aromatic amines is 1. The Kier molecular flexibility index (Phi) is 4.60. The zero-order valence-corrected chi connectivity index (χ0v) is 15.5. The van der Waals surface area contributed by atoms with Crippen LogP contribution in [0.25, 0.3) is 10.9 Å². The third-order valence-electron chi connectivity index (χ3n) is 4.44. The molecule has 1 aromatic carbocycles. The molecular weight excluding hydrogens is 398 g/mol. The van der Waals surface area contributed by atoms with Gasteiger partial charge in [-0.1, -0.05) is 22.0 Å². The van der Waals surface area contributed by atoms with Crippen LogP contribution in [0.3, 0.4) is 0 Å². The summed E-state index contributed by atoms with van der Waals surface area (Å²) in [5.41, 5.74) is 1.17. The Balaban J connectivity index is 1.79. The maximum absolute atomic E-state index is 12.4. The number of piperidine rings is 1. The number of H-pyrrole nitrogens is 1. The van der Waals surface area contributed by atoms with Crippen molar-refractivity contribution in [3.8, 4) is 0 Å². The van der Waals surface area contributed by atoms with E-state index in [1.54, 1.807) is 12.3 Å². The number of halogens is 1. The normalized spacial score (nSPS) is 15.4. The highest BCUT2D eigenvalue weighted by Crippen LogP contribution is 2.26. The van der Waals surface area contributed by atoms with Gasteiger partial charge in [-0.3, -0.25) is 4.79 Å². The molecule has 0 amide bonds. The van der Waals surface area contributed by atoms with Crippen LogP contribution in [0.1, 0.15) is 12.8 Å². The van der Waals surface area contributed by atoms with Gasteiger partial charge in [-0.15, -0.1) is 0 Å². The van der Waals surface area contributed by atoms with Gasteiger partial charge < -0.3 is 20.3 Å². The maximum Gasteiger partial charge on any atom is 0.261 e. The molecule has 3 N–H and O–H groups in total. The second-order valence-electron chi connectivity index (χ2n) is 6.29. The van der Waals surface area contributed by atoms with Crippen LogP contribution in [-0.2, 0) is 0 Å². The fourth-order valence-corrected chi connectivity index (χ4v) is 3.48. The molecule has 1 fully saturated rings. The first-order valence-corrected chi connectivity index (χ1v) is 9.24. The van der Waals surface area contributed by atoms with E-state index in [2.05, 4.69) is 36.2 Å². The minimum atomic E-state index is -0.270. The van der Waals surface area contributed by atoms with Gasteiger partial charge in [-0.25, -0.2) is 4.98 Å². The predicted octanol–water partition coefficient (Wildman–Crippen LogP) is 2.79. The first-order valence-electron chi connectivity index (χ1n) is 8.45. The molecule has 1 saturated heterocycles. The third-order valence-corrected chi connectivity index (χ3v) is 4.94. The summed E-state index contributed by atoms with van der Waals surface area (Å²) in [7, 11) is 0. The minimum Gasteiger partial charge on any atom is -0.393 e. The number of aliphatic hydroxyl groups is 1. The van der Waals surface area contributed by atoms with Gasteiger partial charge in [0.2, 0.25) is 5.95 Å². The lowest BCUT2D eigenvalue weighted by Gasteiger charge is -2.29. The van der Waals surface area contributed by atoms with Crippen molar-refractivity contribution < 1.29 is 5.11 Å². The van der Waals surface area contributed by atoms with E-state index in [1.807, 2.05) is 29.2 Å². The molecule has 3 aromatic rings. The number of hydrogen-bond donors (Lipinski definition) is 3. The van der Waals surface area contributed by atoms with Crippen molar-refractivity contribution >= 4 is 44.3 Å². The lowest BCUT2D eigenvalue weighted by Crippen LogP contribution is -2.37. The smallest absolute Gasteiger partial charge is 0.261 e. The first kappa shape index (κ1) is 17.0. The van der Waals surface area contributed by atoms with Crippen LogP contribution in [0.4, 0.5) is 17.5 Å². The van der Waals surface area contributed by atoms with Crippen LogP contribution < -0.4 is 15.8 Å². The van der Waals surface area contributed by atoms with E-state index in [0.717, 1.165) is 10.2 Å². The number of nitrogens with one attached hydrogen (secondary N) is 2. The molecule has 134 valence electrons. The topological polar surface area (TPSA) is 94.1 Å². The molecule has 7 nitrogen and oxygen atoms in total. The summed E-state index contributed by atoms with van der Waals surface area (Å²) >= 11 is 3.45. The second-order valence-corrected chi connectivity index (χ2v) is 7.21. The number of rotatable bonds is 3. The Hall–Kier alpha value is -2.45. The van der Waals surface area contributed by atoms with Gasteiger partial charge in [-0.2, -0.15) is 4.98 Å². The average Bonchev–Trinajstić information content (AvgIpc) is 2.62. The molecule has 0 unspecified atom stereocenters. The lowest BCUT2D eigenvalue weighted by molar-refractivity contribution is 0.145. The predicted molar refractivity (Wildman–Crippen MR) is 105 cm³/mol. The number of fused-ring (bicyclic) bond motifs is 1. The van der Waals surface area contributed by atoms with Gasteiger partial charge in [0.05, 0.1) is 11.6 Å². The Labute approximate surface area is 158 Å². The number of anilines is 3. The number of pyridine rings is 1. The summed E-state index contributed by atoms with van der Waals surface area (Å²) in [6.45, 7) is 1.37. The number of aromatic nitrogens is 3. The zero-order chi connectivity index (χ0) is 18.1. The van der Waals surface area contributed by atoms with E-state index in [-0.39, 0.29) is 11.7 Å². The summed E-state index contributed by atoms with van der Waals surface area (Å²) in [5, 5.41) is 13.4. The Morgan fingerprint density at radius 1 is 1.23 bits per heavy atom. The maximum atomic E-state index is 12.4. The van der Waals surface area contributed by atoms with Crippen molar-refractivity contribution in [3.05, 3.63) is 51.4 Å². The van der Waals surface area contributed by atoms with E-state index >= 15 is 0 Å². The van der Waals surface area contributed by atoms with Crippen LogP contribution in [0.2, 0.25) is 0 Å². The van der Waals surface area contributed by atoms with Crippen molar-refractivity contribution in [1.29, 1.82) is 0 Å². The van der Waals surface area contributed by atoms with Gasteiger partial charge in [0.25, 0.3) is 5.56 Å². The van der Waals surface area contributed by atoms with E-state index < -0.39 is 0 Å². The molecule has 0 bridgehead atoms. The molecule has 0 radical (unpaired) electrons. The van der Waals surface area contributed by atoms with Crippen LogP contribution in [0.15, 0.2) is 45.8 Å². The minimum absolute atomic E-state index is 0.236. The molecular formula is C18H18BrN5O2. The summed E-state index contributed by atoms with van der Waals surface area (Å²) < 4.78 is 0.931. The summed E-state index contributed by atoms with van der Waals surface area (Å²) in [6, 6.07) is 9.44. The largest absolute Gasteiger partial charge is 0.393 e. The summed E-state index contributed by atoms with van der Waals surface area (Å²) in [5.74, 6) is 1.03. The van der Waals surface area contributed by atoms with Gasteiger partial charge in [0.15, 0.2) is 0 Å². The van der Waals surface area contributed by atoms with E-state index in [4.69, 9.17) is 0 Å². The Bertz CT molecular complexity index is 998. The lowest BCUT2D eigenvalue weighted by atomic mass is 10.1. The molecule has 0 saturated carbocycles. The summed E-state index contributed by atoms with van der Waals surface area (Å²) in [6.07, 6.45) is 2.69. The Morgan fingerprint density at radius 3 is 2.81 bits per heavy atom. The van der Waals surface area contributed by atoms with Gasteiger partial charge in [0.1, 0.15) is 11.2 Å². The van der Waals surface area contributed by atoms with Gasteiger partial charge >= 0.3 is 0 Å². The van der Waals surface area contributed by atoms with Crippen molar-refractivity contribution in [2.45, 2.75) is 18.9 Å². The third kappa shape index (κ3) is 3.42. The van der Waals surface area contributed by atoms with E-state index in [1.165, 1.54) is 0 Å². The molecule has 2 aromatic heterocycles. The fraction of sp³-hybridized carbons (Fsp3) is 0.278. The van der Waals surface area contributed by atoms with E-state index in [9.17, 15) is 9.90 Å². The molecule has 0 atom stereocenters. The van der Waals surface area contributed by atoms with Crippen LogP contribution in [0, 0.1) is 0 Å². The number of benzene rings is 1.